The molecule has 2 heterocycles. The molecule has 2 aromatic rings. The van der Waals surface area contributed by atoms with E-state index in [4.69, 9.17) is 5.26 Å². The number of hydrogen-bond donors (Lipinski definition) is 1. The minimum atomic E-state index is -4.90. The Bertz CT molecular complexity index is 1250. The number of carbonyl (C=O) groups excluding carboxylic acids is 3. The van der Waals surface area contributed by atoms with Gasteiger partial charge < -0.3 is 5.32 Å². The summed E-state index contributed by atoms with van der Waals surface area (Å²) in [5, 5.41) is 11.5. The average Bonchev–Trinajstić information content (AvgIpc) is 3.14. The van der Waals surface area contributed by atoms with Crippen LogP contribution < -0.4 is 15.1 Å². The van der Waals surface area contributed by atoms with E-state index >= 15 is 0 Å². The Kier molecular flexibility index (Phi) is 4.51. The molecular formula is C21H14F4N4O3. The molecule has 0 unspecified atom stereocenters. The molecule has 11 heteroatoms. The zero-order valence-electron chi connectivity index (χ0n) is 16.7. The molecule has 2 aliphatic rings. The monoisotopic (exact) mass is 446 g/mol. The van der Waals surface area contributed by atoms with Crippen molar-refractivity contribution in [1.82, 2.24) is 5.32 Å². The fourth-order valence-corrected chi connectivity index (χ4v) is 3.83. The molecule has 0 bridgehead atoms. The van der Waals surface area contributed by atoms with Crippen LogP contribution in [-0.2, 0) is 17.5 Å². The summed E-state index contributed by atoms with van der Waals surface area (Å²) in [6.07, 6.45) is -4.90. The zero-order chi connectivity index (χ0) is 23.6. The molecule has 0 aliphatic carbocycles. The molecule has 4 amide bonds. The van der Waals surface area contributed by atoms with Crippen molar-refractivity contribution in [2.24, 2.45) is 0 Å². The molecule has 0 saturated carbocycles. The van der Waals surface area contributed by atoms with Crippen LogP contribution >= 0.6 is 0 Å². The van der Waals surface area contributed by atoms with Gasteiger partial charge in [0.05, 0.1) is 28.6 Å². The number of alkyl halides is 3. The van der Waals surface area contributed by atoms with Crippen LogP contribution in [0.2, 0.25) is 0 Å². The number of nitriles is 1. The Morgan fingerprint density at radius 1 is 1.12 bits per heavy atom. The van der Waals surface area contributed by atoms with Gasteiger partial charge in [0, 0.05) is 12.1 Å². The van der Waals surface area contributed by atoms with Crippen LogP contribution in [0.5, 0.6) is 0 Å². The fraction of sp³-hybridized carbons (Fsp3) is 0.238. The largest absolute Gasteiger partial charge is 0.417 e. The summed E-state index contributed by atoms with van der Waals surface area (Å²) in [5.41, 5.74) is -3.91. The van der Waals surface area contributed by atoms with Gasteiger partial charge >= 0.3 is 12.2 Å². The Morgan fingerprint density at radius 3 is 2.44 bits per heavy atom. The highest BCUT2D eigenvalue weighted by Gasteiger charge is 2.54. The average molecular weight is 446 g/mol. The number of imide groups is 1. The lowest BCUT2D eigenvalue weighted by Crippen LogP contribution is -2.45. The molecule has 0 spiro atoms. The molecule has 0 atom stereocenters. The van der Waals surface area contributed by atoms with Gasteiger partial charge in [-0.2, -0.15) is 18.4 Å². The van der Waals surface area contributed by atoms with E-state index in [1.807, 2.05) is 0 Å². The Labute approximate surface area is 178 Å². The molecule has 32 heavy (non-hydrogen) atoms. The summed E-state index contributed by atoms with van der Waals surface area (Å²) in [6.45, 7) is 2.74. The summed E-state index contributed by atoms with van der Waals surface area (Å²) in [5.74, 6) is -2.24. The fourth-order valence-electron chi connectivity index (χ4n) is 3.83. The van der Waals surface area contributed by atoms with Crippen molar-refractivity contribution in [3.63, 3.8) is 0 Å². The van der Waals surface area contributed by atoms with Crippen molar-refractivity contribution in [3.05, 3.63) is 58.4 Å². The maximum absolute atomic E-state index is 14.9. The minimum absolute atomic E-state index is 0.110. The molecule has 1 fully saturated rings. The molecule has 1 N–H and O–H groups in total. The topological polar surface area (TPSA) is 93.5 Å². The van der Waals surface area contributed by atoms with Gasteiger partial charge in [-0.1, -0.05) is 0 Å². The predicted molar refractivity (Wildman–Crippen MR) is 103 cm³/mol. The van der Waals surface area contributed by atoms with Crippen molar-refractivity contribution < 1.29 is 31.9 Å². The van der Waals surface area contributed by atoms with E-state index in [0.717, 1.165) is 29.2 Å². The predicted octanol–water partition coefficient (Wildman–Crippen LogP) is 3.71. The van der Waals surface area contributed by atoms with Crippen LogP contribution in [0.25, 0.3) is 0 Å². The van der Waals surface area contributed by atoms with Gasteiger partial charge in [-0.05, 0) is 49.7 Å². The number of fused-ring (bicyclic) bond motifs is 1. The number of carbonyl (C=O) groups is 3. The number of anilines is 2. The maximum Gasteiger partial charge on any atom is 0.417 e. The first-order chi connectivity index (χ1) is 14.9. The van der Waals surface area contributed by atoms with Gasteiger partial charge in [0.25, 0.3) is 11.8 Å². The molecular weight excluding hydrogens is 432 g/mol. The molecule has 1 saturated heterocycles. The molecule has 0 aromatic heterocycles. The van der Waals surface area contributed by atoms with Gasteiger partial charge in [-0.25, -0.2) is 14.1 Å². The van der Waals surface area contributed by atoms with E-state index in [0.29, 0.717) is 16.5 Å². The maximum atomic E-state index is 14.9. The first kappa shape index (κ1) is 21.3. The van der Waals surface area contributed by atoms with Crippen LogP contribution in [0.15, 0.2) is 30.3 Å². The van der Waals surface area contributed by atoms with E-state index < -0.39 is 52.2 Å². The van der Waals surface area contributed by atoms with Crippen molar-refractivity contribution in [2.75, 3.05) is 9.80 Å². The molecule has 4 rings (SSSR count). The Morgan fingerprint density at radius 2 is 1.81 bits per heavy atom. The summed E-state index contributed by atoms with van der Waals surface area (Å²) >= 11 is 0. The van der Waals surface area contributed by atoms with Gasteiger partial charge in [0.1, 0.15) is 11.4 Å². The molecule has 7 nitrogen and oxygen atoms in total. The Balaban J connectivity index is 1.84. The van der Waals surface area contributed by atoms with Crippen molar-refractivity contribution in [2.45, 2.75) is 32.1 Å². The first-order valence-corrected chi connectivity index (χ1v) is 9.28. The number of rotatable bonds is 2. The third-order valence-corrected chi connectivity index (χ3v) is 5.45. The normalized spacial score (nSPS) is 17.5. The number of nitrogens with zero attached hydrogens (tertiary/aromatic N) is 3. The van der Waals surface area contributed by atoms with Gasteiger partial charge in [-0.3, -0.25) is 14.5 Å². The van der Waals surface area contributed by atoms with Crippen molar-refractivity contribution in [1.29, 1.82) is 5.26 Å². The Hall–Kier alpha value is -3.94. The second kappa shape index (κ2) is 6.78. The number of nitrogens with one attached hydrogen (secondary N) is 1. The lowest BCUT2D eigenvalue weighted by molar-refractivity contribution is -0.137. The summed E-state index contributed by atoms with van der Waals surface area (Å²) in [6, 6.07) is 4.97. The summed E-state index contributed by atoms with van der Waals surface area (Å²) in [4.78, 5) is 39.6. The van der Waals surface area contributed by atoms with E-state index in [2.05, 4.69) is 5.32 Å². The highest BCUT2D eigenvalue weighted by molar-refractivity contribution is 6.30. The second-order valence-corrected chi connectivity index (χ2v) is 7.80. The smallest absolute Gasteiger partial charge is 0.348 e. The number of benzene rings is 2. The van der Waals surface area contributed by atoms with E-state index in [-0.39, 0.29) is 17.8 Å². The lowest BCUT2D eigenvalue weighted by Gasteiger charge is -2.28. The number of amides is 4. The number of urea groups is 1. The van der Waals surface area contributed by atoms with E-state index in [1.165, 1.54) is 19.9 Å². The zero-order valence-corrected chi connectivity index (χ0v) is 16.7. The van der Waals surface area contributed by atoms with Crippen LogP contribution in [0.1, 0.15) is 40.9 Å². The van der Waals surface area contributed by atoms with Crippen LogP contribution in [-0.4, -0.2) is 23.4 Å². The SMILES string of the molecule is CC1(C)C(=O)N(c2ccc(C#N)c(C(F)(F)F)c2)C(=O)N1c1cc2c(cc1F)CNC2=O. The first-order valence-electron chi connectivity index (χ1n) is 9.28. The van der Waals surface area contributed by atoms with Crippen LogP contribution in [0, 0.1) is 17.1 Å². The third-order valence-electron chi connectivity index (χ3n) is 5.45. The minimum Gasteiger partial charge on any atom is -0.348 e. The highest BCUT2D eigenvalue weighted by Crippen LogP contribution is 2.41. The van der Waals surface area contributed by atoms with Crippen LogP contribution in [0.4, 0.5) is 33.7 Å². The van der Waals surface area contributed by atoms with Gasteiger partial charge in [0.2, 0.25) is 0 Å². The van der Waals surface area contributed by atoms with E-state index in [1.54, 1.807) is 0 Å². The van der Waals surface area contributed by atoms with Crippen molar-refractivity contribution in [3.8, 4) is 6.07 Å². The van der Waals surface area contributed by atoms with Crippen LogP contribution in [0.3, 0.4) is 0 Å². The second-order valence-electron chi connectivity index (χ2n) is 7.80. The quantitative estimate of drug-likeness (QED) is 0.562. The molecule has 164 valence electrons. The van der Waals surface area contributed by atoms with Gasteiger partial charge in [0.15, 0.2) is 0 Å². The summed E-state index contributed by atoms with van der Waals surface area (Å²) < 4.78 is 55.0. The number of halogens is 4. The van der Waals surface area contributed by atoms with Crippen molar-refractivity contribution >= 4 is 29.2 Å². The summed E-state index contributed by atoms with van der Waals surface area (Å²) in [7, 11) is 0. The molecule has 2 aliphatic heterocycles. The standard InChI is InChI=1S/C21H14F4N4O3/c1-20(2)18(31)28(12-4-3-10(8-26)14(6-12)21(23,24)25)19(32)29(20)16-7-13-11(5-15(16)22)9-27-17(13)30/h3-7H,9H2,1-2H3,(H,27,30). The highest BCUT2D eigenvalue weighted by atomic mass is 19.4. The third kappa shape index (κ3) is 2.98. The van der Waals surface area contributed by atoms with Gasteiger partial charge in [-0.15, -0.1) is 0 Å². The number of hydrogen-bond acceptors (Lipinski definition) is 4. The molecule has 0 radical (unpaired) electrons. The van der Waals surface area contributed by atoms with E-state index in [9.17, 15) is 31.9 Å². The lowest BCUT2D eigenvalue weighted by atomic mass is 10.0. The molecule has 2 aromatic carbocycles.